The minimum atomic E-state index is 0.402. The molecule has 3 aromatic rings. The lowest BCUT2D eigenvalue weighted by molar-refractivity contribution is 0.400. The number of aromatic nitrogens is 4. The molecule has 0 amide bonds. The highest BCUT2D eigenvalue weighted by atomic mass is 16.5. The second kappa shape index (κ2) is 5.68. The van der Waals surface area contributed by atoms with Crippen LogP contribution >= 0.6 is 0 Å². The third-order valence-corrected chi connectivity index (χ3v) is 3.80. The van der Waals surface area contributed by atoms with Crippen LogP contribution in [0.1, 0.15) is 17.7 Å². The molecule has 0 atom stereocenters. The summed E-state index contributed by atoms with van der Waals surface area (Å²) in [4.78, 5) is 6.73. The van der Waals surface area contributed by atoms with Crippen LogP contribution in [0.25, 0.3) is 0 Å². The SMILES string of the molecule is Cc1cc(Nc2nncc(N3CCCc4ccccc43)n2)no1. The van der Waals surface area contributed by atoms with Gasteiger partial charge in [-0.05, 0) is 31.4 Å². The fraction of sp³-hybridized carbons (Fsp3) is 0.250. The number of fused-ring (bicyclic) bond motifs is 1. The van der Waals surface area contributed by atoms with Crippen LogP contribution in [0.15, 0.2) is 41.1 Å². The molecule has 0 unspecified atom stereocenters. The summed E-state index contributed by atoms with van der Waals surface area (Å²) in [6, 6.07) is 10.2. The van der Waals surface area contributed by atoms with Crippen molar-refractivity contribution in [3.63, 3.8) is 0 Å². The summed E-state index contributed by atoms with van der Waals surface area (Å²) in [6.07, 6.45) is 3.86. The number of hydrogen-bond acceptors (Lipinski definition) is 7. The maximum absolute atomic E-state index is 5.03. The number of nitrogens with zero attached hydrogens (tertiary/aromatic N) is 5. The molecule has 0 bridgehead atoms. The lowest BCUT2D eigenvalue weighted by Crippen LogP contribution is -2.25. The molecule has 1 aliphatic rings. The largest absolute Gasteiger partial charge is 0.360 e. The van der Waals surface area contributed by atoms with Crippen LogP contribution in [0.2, 0.25) is 0 Å². The molecule has 0 spiro atoms. The van der Waals surface area contributed by atoms with Crippen molar-refractivity contribution in [1.82, 2.24) is 20.3 Å². The van der Waals surface area contributed by atoms with Crippen LogP contribution in [-0.2, 0) is 6.42 Å². The van der Waals surface area contributed by atoms with Crippen molar-refractivity contribution in [3.05, 3.63) is 47.9 Å². The summed E-state index contributed by atoms with van der Waals surface area (Å²) >= 11 is 0. The maximum Gasteiger partial charge on any atom is 0.250 e. The van der Waals surface area contributed by atoms with E-state index in [1.807, 2.05) is 13.0 Å². The molecule has 116 valence electrons. The summed E-state index contributed by atoms with van der Waals surface area (Å²) in [7, 11) is 0. The first-order valence-corrected chi connectivity index (χ1v) is 7.55. The standard InChI is InChI=1S/C16H16N6O/c1-11-9-14(21-23-11)18-16-19-15(10-17-20-16)22-8-4-6-12-5-2-3-7-13(12)22/h2-3,5,7,9-10H,4,6,8H2,1H3,(H,18,19,20,21). The molecule has 2 aromatic heterocycles. The van der Waals surface area contributed by atoms with E-state index in [1.165, 1.54) is 11.3 Å². The molecular formula is C16H16N6O. The van der Waals surface area contributed by atoms with Crippen LogP contribution in [0.4, 0.5) is 23.3 Å². The molecule has 3 heterocycles. The zero-order chi connectivity index (χ0) is 15.6. The number of benzene rings is 1. The number of nitrogens with one attached hydrogen (secondary N) is 1. The van der Waals surface area contributed by atoms with Gasteiger partial charge in [0, 0.05) is 18.3 Å². The number of para-hydroxylation sites is 1. The van der Waals surface area contributed by atoms with Gasteiger partial charge in [0.2, 0.25) is 5.95 Å². The third-order valence-electron chi connectivity index (χ3n) is 3.80. The summed E-state index contributed by atoms with van der Waals surface area (Å²) in [5, 5.41) is 15.0. The Morgan fingerprint density at radius 2 is 2.17 bits per heavy atom. The Morgan fingerprint density at radius 1 is 1.26 bits per heavy atom. The maximum atomic E-state index is 5.03. The van der Waals surface area contributed by atoms with Gasteiger partial charge >= 0.3 is 0 Å². The van der Waals surface area contributed by atoms with Gasteiger partial charge < -0.3 is 14.7 Å². The molecule has 0 saturated heterocycles. The van der Waals surface area contributed by atoms with Crippen molar-refractivity contribution in [2.45, 2.75) is 19.8 Å². The molecule has 7 heteroatoms. The van der Waals surface area contributed by atoms with Gasteiger partial charge in [-0.3, -0.25) is 0 Å². The first kappa shape index (κ1) is 13.7. The molecule has 0 radical (unpaired) electrons. The van der Waals surface area contributed by atoms with Gasteiger partial charge in [-0.1, -0.05) is 23.4 Å². The van der Waals surface area contributed by atoms with Crippen molar-refractivity contribution in [1.29, 1.82) is 0 Å². The molecule has 1 N–H and O–H groups in total. The Labute approximate surface area is 133 Å². The smallest absolute Gasteiger partial charge is 0.250 e. The van der Waals surface area contributed by atoms with Gasteiger partial charge in [-0.2, -0.15) is 10.1 Å². The molecule has 0 saturated carbocycles. The topological polar surface area (TPSA) is 80.0 Å². The average Bonchev–Trinajstić information content (AvgIpc) is 2.99. The number of anilines is 4. The Balaban J connectivity index is 1.64. The molecule has 7 nitrogen and oxygen atoms in total. The first-order chi connectivity index (χ1) is 11.3. The zero-order valence-electron chi connectivity index (χ0n) is 12.7. The van der Waals surface area contributed by atoms with E-state index < -0.39 is 0 Å². The zero-order valence-corrected chi connectivity index (χ0v) is 12.7. The fourth-order valence-electron chi connectivity index (χ4n) is 2.79. The predicted molar refractivity (Wildman–Crippen MR) is 86.1 cm³/mol. The Bertz CT molecular complexity index is 831. The van der Waals surface area contributed by atoms with Gasteiger partial charge in [0.15, 0.2) is 11.6 Å². The van der Waals surface area contributed by atoms with Crippen molar-refractivity contribution in [3.8, 4) is 0 Å². The van der Waals surface area contributed by atoms with E-state index in [4.69, 9.17) is 4.52 Å². The van der Waals surface area contributed by atoms with Crippen LogP contribution in [0.5, 0.6) is 0 Å². The van der Waals surface area contributed by atoms with E-state index in [-0.39, 0.29) is 0 Å². The van der Waals surface area contributed by atoms with Crippen LogP contribution < -0.4 is 10.2 Å². The fourth-order valence-corrected chi connectivity index (χ4v) is 2.79. The van der Waals surface area contributed by atoms with E-state index in [0.717, 1.165) is 31.0 Å². The van der Waals surface area contributed by atoms with Crippen LogP contribution in [0, 0.1) is 6.92 Å². The van der Waals surface area contributed by atoms with E-state index in [1.54, 1.807) is 12.3 Å². The third kappa shape index (κ3) is 2.73. The Morgan fingerprint density at radius 3 is 3.04 bits per heavy atom. The normalized spacial score (nSPS) is 13.7. The molecular weight excluding hydrogens is 292 g/mol. The van der Waals surface area contributed by atoms with E-state index >= 15 is 0 Å². The van der Waals surface area contributed by atoms with Crippen LogP contribution in [0.3, 0.4) is 0 Å². The highest BCUT2D eigenvalue weighted by molar-refractivity contribution is 5.65. The predicted octanol–water partition coefficient (Wildman–Crippen LogP) is 3.00. The van der Waals surface area contributed by atoms with Gasteiger partial charge in [0.25, 0.3) is 0 Å². The molecule has 23 heavy (non-hydrogen) atoms. The summed E-state index contributed by atoms with van der Waals surface area (Å²) in [6.45, 7) is 2.75. The lowest BCUT2D eigenvalue weighted by atomic mass is 10.0. The molecule has 1 aliphatic heterocycles. The Kier molecular flexibility index (Phi) is 3.38. The van der Waals surface area contributed by atoms with E-state index in [9.17, 15) is 0 Å². The second-order valence-electron chi connectivity index (χ2n) is 5.47. The highest BCUT2D eigenvalue weighted by Gasteiger charge is 2.19. The van der Waals surface area contributed by atoms with Gasteiger partial charge in [0.1, 0.15) is 5.76 Å². The average molecular weight is 308 g/mol. The molecule has 0 fully saturated rings. The van der Waals surface area contributed by atoms with Crippen molar-refractivity contribution >= 4 is 23.3 Å². The Hall–Kier alpha value is -2.96. The quantitative estimate of drug-likeness (QED) is 0.796. The van der Waals surface area contributed by atoms with Crippen molar-refractivity contribution in [2.75, 3.05) is 16.8 Å². The van der Waals surface area contributed by atoms with E-state index in [2.05, 4.69) is 48.8 Å². The highest BCUT2D eigenvalue weighted by Crippen LogP contribution is 2.32. The summed E-state index contributed by atoms with van der Waals surface area (Å²) < 4.78 is 5.03. The summed E-state index contributed by atoms with van der Waals surface area (Å²) in [5.41, 5.74) is 2.52. The molecule has 1 aromatic carbocycles. The number of aryl methyl sites for hydroxylation is 2. The number of hydrogen-bond donors (Lipinski definition) is 1. The van der Waals surface area contributed by atoms with Gasteiger partial charge in [-0.25, -0.2) is 0 Å². The minimum Gasteiger partial charge on any atom is -0.360 e. The monoisotopic (exact) mass is 308 g/mol. The van der Waals surface area contributed by atoms with Crippen molar-refractivity contribution in [2.24, 2.45) is 0 Å². The number of rotatable bonds is 3. The van der Waals surface area contributed by atoms with Crippen molar-refractivity contribution < 1.29 is 4.52 Å². The molecule has 4 rings (SSSR count). The minimum absolute atomic E-state index is 0.402. The first-order valence-electron chi connectivity index (χ1n) is 7.55. The summed E-state index contributed by atoms with van der Waals surface area (Å²) in [5.74, 6) is 2.47. The molecule has 0 aliphatic carbocycles. The van der Waals surface area contributed by atoms with Gasteiger partial charge in [-0.15, -0.1) is 5.10 Å². The van der Waals surface area contributed by atoms with Crippen LogP contribution in [-0.4, -0.2) is 26.9 Å². The second-order valence-corrected chi connectivity index (χ2v) is 5.47. The van der Waals surface area contributed by atoms with Gasteiger partial charge in [0.05, 0.1) is 6.20 Å². The lowest BCUT2D eigenvalue weighted by Gasteiger charge is -2.30. The van der Waals surface area contributed by atoms with E-state index in [0.29, 0.717) is 11.8 Å².